The zero-order valence-corrected chi connectivity index (χ0v) is 12.9. The van der Waals surface area contributed by atoms with Gasteiger partial charge in [0.15, 0.2) is 0 Å². The molecule has 0 aliphatic carbocycles. The van der Waals surface area contributed by atoms with E-state index in [1.807, 2.05) is 0 Å². The van der Waals surface area contributed by atoms with Crippen LogP contribution in [0.25, 0.3) is 21.5 Å². The van der Waals surface area contributed by atoms with Crippen LogP contribution in [0, 0.1) is 0 Å². The molecule has 26 heavy (non-hydrogen) atoms. The molecule has 0 fully saturated rings. The highest BCUT2D eigenvalue weighted by molar-refractivity contribution is 6.02. The Hall–Kier alpha value is -2.68. The minimum absolute atomic E-state index is 0.0548. The second-order valence-corrected chi connectivity index (χ2v) is 5.92. The Morgan fingerprint density at radius 3 is 1.85 bits per heavy atom. The van der Waals surface area contributed by atoms with E-state index in [0.29, 0.717) is 16.5 Å². The monoisotopic (exact) mass is 374 g/mol. The summed E-state index contributed by atoms with van der Waals surface area (Å²) in [6.07, 6.45) is -12.0. The Labute approximate surface area is 142 Å². The number of hydrogen-bond acceptors (Lipinski definition) is 3. The summed E-state index contributed by atoms with van der Waals surface area (Å²) >= 11 is 0. The van der Waals surface area contributed by atoms with Gasteiger partial charge in [0.25, 0.3) is 5.60 Å². The Bertz CT molecular complexity index is 996. The molecule has 138 valence electrons. The summed E-state index contributed by atoms with van der Waals surface area (Å²) in [7, 11) is 0. The molecule has 0 spiro atoms. The van der Waals surface area contributed by atoms with Gasteiger partial charge in [-0.15, -0.1) is 0 Å². The van der Waals surface area contributed by atoms with E-state index in [0.717, 1.165) is 12.1 Å². The third kappa shape index (κ3) is 2.50. The first-order valence-electron chi connectivity index (χ1n) is 7.24. The van der Waals surface area contributed by atoms with Gasteiger partial charge >= 0.3 is 12.4 Å². The van der Waals surface area contributed by atoms with Crippen molar-refractivity contribution in [1.29, 1.82) is 0 Å². The molecule has 0 unspecified atom stereocenters. The number of nitrogens with two attached hydrogens (primary N) is 2. The van der Waals surface area contributed by atoms with Gasteiger partial charge in [0.05, 0.1) is 0 Å². The molecule has 0 radical (unpaired) electrons. The lowest BCUT2D eigenvalue weighted by Gasteiger charge is -2.34. The quantitative estimate of drug-likeness (QED) is 0.334. The van der Waals surface area contributed by atoms with E-state index in [9.17, 15) is 31.4 Å². The normalized spacial score (nSPS) is 13.5. The second-order valence-electron chi connectivity index (χ2n) is 5.92. The van der Waals surface area contributed by atoms with E-state index >= 15 is 0 Å². The molecule has 3 nitrogen and oxygen atoms in total. The van der Waals surface area contributed by atoms with E-state index < -0.39 is 34.6 Å². The fraction of sp³-hybridized carbons (Fsp3) is 0.176. The molecular weight excluding hydrogens is 362 g/mol. The Balaban J connectivity index is 2.48. The van der Waals surface area contributed by atoms with Crippen LogP contribution >= 0.6 is 0 Å². The highest BCUT2D eigenvalue weighted by Crippen LogP contribution is 2.53. The van der Waals surface area contributed by atoms with Crippen molar-refractivity contribution in [3.05, 3.63) is 48.0 Å². The number of aliphatic hydroxyl groups is 1. The smallest absolute Gasteiger partial charge is 0.399 e. The predicted octanol–water partition coefficient (Wildman–Crippen LogP) is 4.47. The van der Waals surface area contributed by atoms with Crippen molar-refractivity contribution in [2.24, 2.45) is 0 Å². The Morgan fingerprint density at radius 1 is 0.692 bits per heavy atom. The third-order valence-electron chi connectivity index (χ3n) is 4.22. The summed E-state index contributed by atoms with van der Waals surface area (Å²) in [6.45, 7) is 0. The number of alkyl halides is 6. The predicted molar refractivity (Wildman–Crippen MR) is 86.3 cm³/mol. The van der Waals surface area contributed by atoms with E-state index in [1.54, 1.807) is 0 Å². The van der Waals surface area contributed by atoms with Crippen LogP contribution < -0.4 is 11.5 Å². The zero-order valence-electron chi connectivity index (χ0n) is 12.9. The molecule has 0 heterocycles. The van der Waals surface area contributed by atoms with Crippen LogP contribution in [0.1, 0.15) is 5.56 Å². The third-order valence-corrected chi connectivity index (χ3v) is 4.22. The maximum Gasteiger partial charge on any atom is 0.430 e. The van der Waals surface area contributed by atoms with Crippen molar-refractivity contribution in [3.63, 3.8) is 0 Å². The molecule has 3 aromatic rings. The standard InChI is InChI=1S/C17H12F6N2O/c18-16(19,20)15(26,17(21,22)23)14-12-7-8-1-3-11(24)6-10(8)5-9(12)2-4-13(14)25/h1-7,26H,24-25H2. The number of benzene rings is 3. The minimum Gasteiger partial charge on any atom is -0.399 e. The average molecular weight is 374 g/mol. The molecule has 5 N–H and O–H groups in total. The number of hydrogen-bond donors (Lipinski definition) is 3. The lowest BCUT2D eigenvalue weighted by molar-refractivity contribution is -0.375. The number of rotatable bonds is 1. The summed E-state index contributed by atoms with van der Waals surface area (Å²) in [6, 6.07) is 9.14. The van der Waals surface area contributed by atoms with Gasteiger partial charge in [-0.05, 0) is 51.9 Å². The van der Waals surface area contributed by atoms with Crippen molar-refractivity contribution in [3.8, 4) is 0 Å². The Morgan fingerprint density at radius 2 is 1.27 bits per heavy atom. The van der Waals surface area contributed by atoms with Gasteiger partial charge in [-0.3, -0.25) is 0 Å². The summed E-state index contributed by atoms with van der Waals surface area (Å²) in [5, 5.41) is 10.3. The van der Waals surface area contributed by atoms with Gasteiger partial charge in [0.1, 0.15) is 0 Å². The molecule has 0 atom stereocenters. The first-order chi connectivity index (χ1) is 11.9. The molecule has 0 saturated carbocycles. The molecule has 9 heteroatoms. The lowest BCUT2D eigenvalue weighted by Crippen LogP contribution is -2.54. The highest BCUT2D eigenvalue weighted by Gasteiger charge is 2.72. The summed E-state index contributed by atoms with van der Waals surface area (Å²) in [5.41, 5.74) is 4.13. The lowest BCUT2D eigenvalue weighted by atomic mass is 9.85. The number of fused-ring (bicyclic) bond motifs is 2. The van der Waals surface area contributed by atoms with Crippen molar-refractivity contribution < 1.29 is 31.4 Å². The van der Waals surface area contributed by atoms with Gasteiger partial charge in [0, 0.05) is 16.9 Å². The van der Waals surface area contributed by atoms with Crippen LogP contribution in [0.4, 0.5) is 37.7 Å². The summed E-state index contributed by atoms with van der Waals surface area (Å²) in [4.78, 5) is 0. The van der Waals surface area contributed by atoms with Crippen LogP contribution in [-0.2, 0) is 5.60 Å². The molecular formula is C17H12F6N2O. The number of anilines is 2. The average Bonchev–Trinajstić information content (AvgIpc) is 2.50. The minimum atomic E-state index is -6.02. The van der Waals surface area contributed by atoms with Crippen LogP contribution in [0.15, 0.2) is 42.5 Å². The molecule has 0 aliphatic heterocycles. The topological polar surface area (TPSA) is 72.3 Å². The van der Waals surface area contributed by atoms with Crippen LogP contribution in [0.5, 0.6) is 0 Å². The Kier molecular flexibility index (Phi) is 3.77. The molecule has 0 saturated heterocycles. The molecule has 0 aliphatic rings. The van der Waals surface area contributed by atoms with Gasteiger partial charge in [-0.25, -0.2) is 0 Å². The van der Waals surface area contributed by atoms with E-state index in [2.05, 4.69) is 0 Å². The van der Waals surface area contributed by atoms with Crippen molar-refractivity contribution >= 4 is 32.9 Å². The highest BCUT2D eigenvalue weighted by atomic mass is 19.4. The molecule has 3 rings (SSSR count). The van der Waals surface area contributed by atoms with Crippen LogP contribution in [0.2, 0.25) is 0 Å². The maximum atomic E-state index is 13.3. The van der Waals surface area contributed by atoms with Crippen molar-refractivity contribution in [1.82, 2.24) is 0 Å². The van der Waals surface area contributed by atoms with Gasteiger partial charge in [-0.2, -0.15) is 26.3 Å². The maximum absolute atomic E-state index is 13.3. The largest absolute Gasteiger partial charge is 0.430 e. The van der Waals surface area contributed by atoms with Crippen LogP contribution in [0.3, 0.4) is 0 Å². The van der Waals surface area contributed by atoms with Crippen LogP contribution in [-0.4, -0.2) is 17.5 Å². The summed E-state index contributed by atoms with van der Waals surface area (Å²) in [5.74, 6) is 0. The second kappa shape index (κ2) is 5.41. The first-order valence-corrected chi connectivity index (χ1v) is 7.24. The SMILES string of the molecule is Nc1ccc2cc3c(C(O)(C(F)(F)F)C(F)(F)F)c(N)ccc3cc2c1. The van der Waals surface area contributed by atoms with Gasteiger partial charge in [0.2, 0.25) is 0 Å². The molecule has 0 amide bonds. The zero-order chi connectivity index (χ0) is 19.5. The molecule has 3 aromatic carbocycles. The molecule has 0 bridgehead atoms. The fourth-order valence-electron chi connectivity index (χ4n) is 2.95. The first kappa shape index (κ1) is 18.1. The van der Waals surface area contributed by atoms with E-state index in [4.69, 9.17) is 11.5 Å². The van der Waals surface area contributed by atoms with Crippen molar-refractivity contribution in [2.75, 3.05) is 11.5 Å². The fourth-order valence-corrected chi connectivity index (χ4v) is 2.95. The van der Waals surface area contributed by atoms with E-state index in [1.165, 1.54) is 30.3 Å². The summed E-state index contributed by atoms with van der Waals surface area (Å²) < 4.78 is 79.9. The number of nitrogen functional groups attached to an aromatic ring is 2. The van der Waals surface area contributed by atoms with Gasteiger partial charge in [-0.1, -0.05) is 12.1 Å². The van der Waals surface area contributed by atoms with E-state index in [-0.39, 0.29) is 5.39 Å². The van der Waals surface area contributed by atoms with Gasteiger partial charge < -0.3 is 16.6 Å². The molecule has 0 aromatic heterocycles. The van der Waals surface area contributed by atoms with Crippen molar-refractivity contribution in [2.45, 2.75) is 18.0 Å². The number of halogens is 6.